The molecular weight excluding hydrogens is 330 g/mol. The predicted molar refractivity (Wildman–Crippen MR) is 104 cm³/mol. The average molecular weight is 355 g/mol. The van der Waals surface area contributed by atoms with Crippen molar-refractivity contribution in [1.29, 1.82) is 0 Å². The Morgan fingerprint density at radius 3 is 2.31 bits per heavy atom. The van der Waals surface area contributed by atoms with Crippen molar-refractivity contribution in [2.45, 2.75) is 26.3 Å². The van der Waals surface area contributed by atoms with E-state index in [1.54, 1.807) is 13.3 Å². The van der Waals surface area contributed by atoms with Crippen LogP contribution in [0, 0.1) is 0 Å². The number of nitrogens with zero attached hydrogens (tertiary/aromatic N) is 1. The number of hydrazone groups is 1. The number of ether oxygens (including phenoxy) is 2. The van der Waals surface area contributed by atoms with Gasteiger partial charge in [0.25, 0.3) is 5.91 Å². The van der Waals surface area contributed by atoms with Crippen molar-refractivity contribution in [3.63, 3.8) is 0 Å². The Kier molecular flexibility index (Phi) is 7.49. The van der Waals surface area contributed by atoms with Gasteiger partial charge >= 0.3 is 0 Å². The first-order chi connectivity index (χ1) is 12.7. The first kappa shape index (κ1) is 19.3. The molecule has 0 unspecified atom stereocenters. The smallest absolute Gasteiger partial charge is 0.262 e. The van der Waals surface area contributed by atoms with Crippen LogP contribution >= 0.6 is 0 Å². The molecule has 0 heterocycles. The molecule has 0 aromatic heterocycles. The Hall–Kier alpha value is -3.02. The lowest BCUT2D eigenvalue weighted by Gasteiger charge is -2.16. The summed E-state index contributed by atoms with van der Waals surface area (Å²) in [6.07, 6.45) is 2.24. The quantitative estimate of drug-likeness (QED) is 0.534. The van der Waals surface area contributed by atoms with E-state index in [2.05, 4.69) is 15.8 Å². The third kappa shape index (κ3) is 5.81. The highest BCUT2D eigenvalue weighted by molar-refractivity contribution is 5.86. The van der Waals surface area contributed by atoms with Crippen LogP contribution in [-0.2, 0) is 4.79 Å². The number of hydrogen-bond donors (Lipinski definition) is 2. The Labute approximate surface area is 154 Å². The molecular formula is C20H25N3O3. The second kappa shape index (κ2) is 10.1. The van der Waals surface area contributed by atoms with Crippen LogP contribution in [0.25, 0.3) is 0 Å². The van der Waals surface area contributed by atoms with Crippen molar-refractivity contribution >= 4 is 17.8 Å². The molecule has 1 amide bonds. The van der Waals surface area contributed by atoms with Gasteiger partial charge in [0, 0.05) is 5.69 Å². The highest BCUT2D eigenvalue weighted by Gasteiger charge is 2.15. The lowest BCUT2D eigenvalue weighted by atomic mass is 10.2. The second-order valence-electron chi connectivity index (χ2n) is 5.57. The molecule has 2 aromatic rings. The summed E-state index contributed by atoms with van der Waals surface area (Å²) in [6, 6.07) is 14.6. The molecule has 0 spiro atoms. The van der Waals surface area contributed by atoms with E-state index in [1.807, 2.05) is 62.4 Å². The number of benzene rings is 2. The monoisotopic (exact) mass is 355 g/mol. The van der Waals surface area contributed by atoms with Gasteiger partial charge in [-0.25, -0.2) is 5.43 Å². The summed E-state index contributed by atoms with van der Waals surface area (Å²) in [4.78, 5) is 12.3. The number of rotatable bonds is 9. The summed E-state index contributed by atoms with van der Waals surface area (Å²) < 4.78 is 10.5. The fourth-order valence-electron chi connectivity index (χ4n) is 2.31. The van der Waals surface area contributed by atoms with Gasteiger partial charge in [-0.3, -0.25) is 4.79 Å². The summed E-state index contributed by atoms with van der Waals surface area (Å²) in [5, 5.41) is 7.22. The number of methoxy groups -OCH3 is 1. The van der Waals surface area contributed by atoms with Crippen molar-refractivity contribution in [1.82, 2.24) is 5.43 Å². The van der Waals surface area contributed by atoms with Crippen LogP contribution in [0.15, 0.2) is 53.6 Å². The summed E-state index contributed by atoms with van der Waals surface area (Å²) in [5.41, 5.74) is 4.31. The van der Waals surface area contributed by atoms with Gasteiger partial charge < -0.3 is 14.8 Å². The minimum absolute atomic E-state index is 0.189. The van der Waals surface area contributed by atoms with Gasteiger partial charge in [-0.05, 0) is 67.4 Å². The molecule has 6 heteroatoms. The normalized spacial score (nSPS) is 11.8. The Bertz CT molecular complexity index is 712. The van der Waals surface area contributed by atoms with Crippen molar-refractivity contribution in [2.24, 2.45) is 5.10 Å². The van der Waals surface area contributed by atoms with E-state index >= 15 is 0 Å². The molecule has 0 radical (unpaired) electrons. The molecule has 2 rings (SSSR count). The zero-order chi connectivity index (χ0) is 18.8. The second-order valence-corrected chi connectivity index (χ2v) is 5.57. The molecule has 0 fully saturated rings. The molecule has 0 aliphatic rings. The van der Waals surface area contributed by atoms with Crippen molar-refractivity contribution in [3.8, 4) is 11.5 Å². The first-order valence-electron chi connectivity index (χ1n) is 8.62. The largest absolute Gasteiger partial charge is 0.497 e. The van der Waals surface area contributed by atoms with E-state index in [4.69, 9.17) is 9.47 Å². The van der Waals surface area contributed by atoms with Gasteiger partial charge in [0.1, 0.15) is 17.5 Å². The molecule has 138 valence electrons. The zero-order valence-corrected chi connectivity index (χ0v) is 15.4. The van der Waals surface area contributed by atoms with Crippen molar-refractivity contribution < 1.29 is 14.3 Å². The maximum absolute atomic E-state index is 12.3. The molecule has 2 aromatic carbocycles. The van der Waals surface area contributed by atoms with Crippen LogP contribution in [-0.4, -0.2) is 31.9 Å². The minimum Gasteiger partial charge on any atom is -0.497 e. The number of anilines is 1. The van der Waals surface area contributed by atoms with Crippen LogP contribution in [0.5, 0.6) is 11.5 Å². The van der Waals surface area contributed by atoms with E-state index in [9.17, 15) is 4.79 Å². The van der Waals surface area contributed by atoms with Crippen molar-refractivity contribution in [2.75, 3.05) is 19.0 Å². The number of hydrogen-bond acceptors (Lipinski definition) is 5. The van der Waals surface area contributed by atoms with Crippen LogP contribution in [0.1, 0.15) is 25.8 Å². The maximum Gasteiger partial charge on any atom is 0.262 e. The summed E-state index contributed by atoms with van der Waals surface area (Å²) in [5.74, 6) is 1.39. The van der Waals surface area contributed by atoms with Crippen LogP contribution in [0.2, 0.25) is 0 Å². The van der Waals surface area contributed by atoms with Gasteiger partial charge in [-0.2, -0.15) is 5.10 Å². The van der Waals surface area contributed by atoms with Gasteiger partial charge in [0.2, 0.25) is 0 Å². The van der Waals surface area contributed by atoms with Gasteiger partial charge in [0.05, 0.1) is 19.9 Å². The Balaban J connectivity index is 1.89. The third-order valence-electron chi connectivity index (χ3n) is 3.74. The average Bonchev–Trinajstić information content (AvgIpc) is 2.68. The lowest BCUT2D eigenvalue weighted by Crippen LogP contribution is -2.36. The topological polar surface area (TPSA) is 72.0 Å². The number of nitrogens with one attached hydrogen (secondary N) is 2. The molecule has 0 saturated heterocycles. The standard InChI is InChI=1S/C20H25N3O3/c1-4-19(22-16-8-12-17(25-3)13-9-16)20(24)23-21-14-15-6-10-18(11-7-15)26-5-2/h6-14,19,22H,4-5H2,1-3H3,(H,23,24)/t19-/m0/s1. The first-order valence-corrected chi connectivity index (χ1v) is 8.62. The van der Waals surface area contributed by atoms with Crippen LogP contribution < -0.4 is 20.2 Å². The van der Waals surface area contributed by atoms with E-state index in [0.717, 1.165) is 22.7 Å². The van der Waals surface area contributed by atoms with Crippen LogP contribution in [0.4, 0.5) is 5.69 Å². The highest BCUT2D eigenvalue weighted by Crippen LogP contribution is 2.16. The molecule has 26 heavy (non-hydrogen) atoms. The van der Waals surface area contributed by atoms with Crippen molar-refractivity contribution in [3.05, 3.63) is 54.1 Å². The molecule has 0 bridgehead atoms. The summed E-state index contributed by atoms with van der Waals surface area (Å²) in [7, 11) is 1.62. The summed E-state index contributed by atoms with van der Waals surface area (Å²) >= 11 is 0. The lowest BCUT2D eigenvalue weighted by molar-refractivity contribution is -0.121. The van der Waals surface area contributed by atoms with Gasteiger partial charge in [-0.1, -0.05) is 6.92 Å². The third-order valence-corrected chi connectivity index (χ3v) is 3.74. The van der Waals surface area contributed by atoms with Gasteiger partial charge in [-0.15, -0.1) is 0 Å². The van der Waals surface area contributed by atoms with E-state index in [0.29, 0.717) is 13.0 Å². The molecule has 2 N–H and O–H groups in total. The summed E-state index contributed by atoms with van der Waals surface area (Å²) in [6.45, 7) is 4.51. The maximum atomic E-state index is 12.3. The Morgan fingerprint density at radius 1 is 1.08 bits per heavy atom. The van der Waals surface area contributed by atoms with Crippen LogP contribution in [0.3, 0.4) is 0 Å². The number of carbonyl (C=O) groups excluding carboxylic acids is 1. The van der Waals surface area contributed by atoms with E-state index in [-0.39, 0.29) is 11.9 Å². The highest BCUT2D eigenvalue weighted by atomic mass is 16.5. The predicted octanol–water partition coefficient (Wildman–Crippen LogP) is 3.43. The fourth-order valence-corrected chi connectivity index (χ4v) is 2.31. The van der Waals surface area contributed by atoms with E-state index < -0.39 is 0 Å². The SMILES string of the molecule is CCOc1ccc(C=NNC(=O)[C@H](CC)Nc2ccc(OC)cc2)cc1. The van der Waals surface area contributed by atoms with Gasteiger partial charge in [0.15, 0.2) is 0 Å². The number of amides is 1. The molecule has 1 atom stereocenters. The fraction of sp³-hybridized carbons (Fsp3) is 0.300. The minimum atomic E-state index is -0.374. The number of carbonyl (C=O) groups is 1. The zero-order valence-electron chi connectivity index (χ0n) is 15.4. The Morgan fingerprint density at radius 2 is 1.73 bits per heavy atom. The molecule has 0 aliphatic heterocycles. The molecule has 0 saturated carbocycles. The van der Waals surface area contributed by atoms with E-state index in [1.165, 1.54) is 0 Å². The molecule has 0 aliphatic carbocycles. The molecule has 6 nitrogen and oxygen atoms in total.